The fourth-order valence-electron chi connectivity index (χ4n) is 0.602. The van der Waals surface area contributed by atoms with E-state index in [0.717, 1.165) is 0 Å². The van der Waals surface area contributed by atoms with Crippen LogP contribution in [-0.2, 0) is 0 Å². The zero-order valence-corrected chi connectivity index (χ0v) is 7.07. The van der Waals surface area contributed by atoms with Crippen molar-refractivity contribution in [2.75, 3.05) is 0 Å². The molecule has 0 fully saturated rings. The average molecular weight is 189 g/mol. The first-order chi connectivity index (χ1) is 6.43. The molecule has 7 N–H and O–H groups in total. The quantitative estimate of drug-likeness (QED) is 0.185. The van der Waals surface area contributed by atoms with Gasteiger partial charge in [-0.15, -0.1) is 0 Å². The fraction of sp³-hybridized carbons (Fsp3) is 0.143. The van der Waals surface area contributed by atoms with Crippen LogP contribution in [-0.4, -0.2) is 11.4 Å². The van der Waals surface area contributed by atoms with E-state index in [0.29, 0.717) is 0 Å². The molecule has 0 rings (SSSR count). The Kier molecular flexibility index (Phi) is 3.19. The third kappa shape index (κ3) is 1.61. The van der Waals surface area contributed by atoms with Crippen LogP contribution < -0.4 is 17.2 Å². The predicted molar refractivity (Wildman–Crippen MR) is 47.9 cm³/mol. The van der Waals surface area contributed by atoms with E-state index < -0.39 is 22.8 Å². The molecular weight excluding hydrogens is 182 g/mol. The Morgan fingerprint density at radius 3 is 2.21 bits per heavy atom. The van der Waals surface area contributed by atoms with E-state index in [2.05, 4.69) is 4.85 Å². The van der Waals surface area contributed by atoms with E-state index in [4.69, 9.17) is 39.7 Å². The fourth-order valence-corrected chi connectivity index (χ4v) is 0.602. The van der Waals surface area contributed by atoms with E-state index in [1.54, 1.807) is 0 Å². The van der Waals surface area contributed by atoms with Gasteiger partial charge in [0.05, 0.1) is 11.8 Å². The van der Waals surface area contributed by atoms with Crippen LogP contribution in [0.2, 0.25) is 0 Å². The molecule has 0 aromatic heterocycles. The van der Waals surface area contributed by atoms with Crippen molar-refractivity contribution in [3.05, 3.63) is 22.8 Å². The predicted octanol–water partition coefficient (Wildman–Crippen LogP) is -1.24. The summed E-state index contributed by atoms with van der Waals surface area (Å²) in [7, 11) is 0. The second kappa shape index (κ2) is 3.90. The highest BCUT2D eigenvalue weighted by Crippen LogP contribution is 2.12. The lowest BCUT2D eigenvalue weighted by Crippen LogP contribution is -2.50. The van der Waals surface area contributed by atoms with Crippen molar-refractivity contribution in [3.63, 3.8) is 0 Å². The van der Waals surface area contributed by atoms with Crippen molar-refractivity contribution in [3.8, 4) is 12.1 Å². The molecule has 0 aromatic carbocycles. The van der Waals surface area contributed by atoms with E-state index in [9.17, 15) is 0 Å². The zero-order valence-electron chi connectivity index (χ0n) is 7.07. The van der Waals surface area contributed by atoms with E-state index >= 15 is 0 Å². The van der Waals surface area contributed by atoms with Crippen LogP contribution in [0.25, 0.3) is 4.85 Å². The number of nitrogens with zero attached hydrogens (tertiary/aromatic N) is 3. The molecule has 1 unspecified atom stereocenters. The Bertz CT molecular complexity index is 413. The number of rotatable bonds is 2. The second-order valence-electron chi connectivity index (χ2n) is 2.32. The van der Waals surface area contributed by atoms with Crippen LogP contribution in [0, 0.1) is 34.6 Å². The maximum Gasteiger partial charge on any atom is 0.278 e. The summed E-state index contributed by atoms with van der Waals surface area (Å²) in [5.41, 5.74) is 12.7. The summed E-state index contributed by atoms with van der Waals surface area (Å²) in [6.07, 6.45) is 0. The third-order valence-corrected chi connectivity index (χ3v) is 1.50. The van der Waals surface area contributed by atoms with E-state index in [-0.39, 0.29) is 0 Å². The number of nitriles is 2. The van der Waals surface area contributed by atoms with Gasteiger partial charge < -0.3 is 22.0 Å². The van der Waals surface area contributed by atoms with Crippen molar-refractivity contribution in [2.24, 2.45) is 17.2 Å². The number of allylic oxidation sites excluding steroid dienone is 1. The number of nitrogens with one attached hydrogen (secondary N) is 1. The molecule has 7 heteroatoms. The van der Waals surface area contributed by atoms with Gasteiger partial charge in [-0.2, -0.15) is 15.9 Å². The molecular formula is C7H7N7. The minimum absolute atomic E-state index is 0.470. The van der Waals surface area contributed by atoms with Crippen molar-refractivity contribution >= 4 is 5.84 Å². The first-order valence-electron chi connectivity index (χ1n) is 3.26. The average Bonchev–Trinajstić information content (AvgIpc) is 2.24. The van der Waals surface area contributed by atoms with Crippen molar-refractivity contribution in [1.82, 2.24) is 0 Å². The lowest BCUT2D eigenvalue weighted by Gasteiger charge is -2.19. The molecule has 0 aliphatic carbocycles. The molecule has 0 saturated carbocycles. The highest BCUT2D eigenvalue weighted by atomic mass is 15.0. The van der Waals surface area contributed by atoms with Gasteiger partial charge in [-0.05, 0) is 0 Å². The van der Waals surface area contributed by atoms with Gasteiger partial charge >= 0.3 is 0 Å². The molecule has 1 atom stereocenters. The molecule has 0 aliphatic heterocycles. The van der Waals surface area contributed by atoms with Gasteiger partial charge in [0.15, 0.2) is 5.54 Å². The van der Waals surface area contributed by atoms with Crippen molar-refractivity contribution in [1.29, 1.82) is 15.9 Å². The van der Waals surface area contributed by atoms with Crippen LogP contribution in [0.15, 0.2) is 11.4 Å². The van der Waals surface area contributed by atoms with Gasteiger partial charge in [0, 0.05) is 0 Å². The Labute approximate surface area is 80.3 Å². The lowest BCUT2D eigenvalue weighted by atomic mass is 9.96. The first kappa shape index (κ1) is 11.4. The standard InChI is InChI=1S/C7H7N7/c1-14-6(12)7(13,3-9)5(11)4(10)2-8/h12H,10-11,13H2. The molecule has 0 radical (unpaired) electrons. The SMILES string of the molecule is [C-]#[N+]C(=N)C(N)(C#N)C(N)=C(N)C#N. The summed E-state index contributed by atoms with van der Waals surface area (Å²) in [4.78, 5) is 2.68. The molecule has 0 aromatic rings. The molecule has 70 valence electrons. The number of nitrogens with two attached hydrogens (primary N) is 3. The summed E-state index contributed by atoms with van der Waals surface area (Å²) < 4.78 is 0. The summed E-state index contributed by atoms with van der Waals surface area (Å²) in [5, 5.41) is 24.2. The maximum absolute atomic E-state index is 8.66. The number of amidine groups is 1. The monoisotopic (exact) mass is 189 g/mol. The summed E-state index contributed by atoms with van der Waals surface area (Å²) >= 11 is 0. The summed E-state index contributed by atoms with van der Waals surface area (Å²) in [6, 6.07) is 2.96. The second-order valence-corrected chi connectivity index (χ2v) is 2.32. The van der Waals surface area contributed by atoms with Crippen LogP contribution in [0.3, 0.4) is 0 Å². The topological polar surface area (TPSA) is 154 Å². The van der Waals surface area contributed by atoms with Gasteiger partial charge in [-0.25, -0.2) is 0 Å². The van der Waals surface area contributed by atoms with Crippen LogP contribution in [0.1, 0.15) is 0 Å². The smallest absolute Gasteiger partial charge is 0.278 e. The number of hydrogen-bond acceptors (Lipinski definition) is 6. The van der Waals surface area contributed by atoms with Gasteiger partial charge in [0.25, 0.3) is 5.84 Å². The Balaban J connectivity index is 5.58. The van der Waals surface area contributed by atoms with Gasteiger partial charge in [0.1, 0.15) is 11.8 Å². The van der Waals surface area contributed by atoms with Crippen LogP contribution >= 0.6 is 0 Å². The van der Waals surface area contributed by atoms with Gasteiger partial charge in [-0.1, -0.05) is 6.57 Å². The molecule has 0 bridgehead atoms. The molecule has 0 spiro atoms. The Hall–Kier alpha value is -2.56. The highest BCUT2D eigenvalue weighted by molar-refractivity contribution is 6.02. The maximum atomic E-state index is 8.66. The Morgan fingerprint density at radius 1 is 1.43 bits per heavy atom. The molecule has 0 saturated heterocycles. The minimum atomic E-state index is -2.12. The highest BCUT2D eigenvalue weighted by Gasteiger charge is 2.36. The van der Waals surface area contributed by atoms with Crippen molar-refractivity contribution < 1.29 is 0 Å². The van der Waals surface area contributed by atoms with E-state index in [1.165, 1.54) is 12.1 Å². The molecule has 7 nitrogen and oxygen atoms in total. The summed E-state index contributed by atoms with van der Waals surface area (Å²) in [5.74, 6) is -0.782. The van der Waals surface area contributed by atoms with E-state index in [1.807, 2.05) is 0 Å². The first-order valence-corrected chi connectivity index (χ1v) is 3.26. The summed E-state index contributed by atoms with van der Waals surface area (Å²) in [6.45, 7) is 6.53. The molecule has 0 amide bonds. The zero-order chi connectivity index (χ0) is 11.4. The van der Waals surface area contributed by atoms with Crippen LogP contribution in [0.4, 0.5) is 0 Å². The third-order valence-electron chi connectivity index (χ3n) is 1.50. The Morgan fingerprint density at radius 2 is 1.93 bits per heavy atom. The van der Waals surface area contributed by atoms with Crippen molar-refractivity contribution in [2.45, 2.75) is 5.54 Å². The molecule has 0 heterocycles. The minimum Gasteiger partial charge on any atom is -0.398 e. The van der Waals surface area contributed by atoms with Gasteiger partial charge in [-0.3, -0.25) is 0 Å². The number of hydrogen-bond donors (Lipinski definition) is 4. The van der Waals surface area contributed by atoms with Gasteiger partial charge in [0.2, 0.25) is 0 Å². The molecule has 14 heavy (non-hydrogen) atoms. The molecule has 0 aliphatic rings. The normalized spacial score (nSPS) is 15.0. The van der Waals surface area contributed by atoms with Crippen LogP contribution in [0.5, 0.6) is 0 Å². The lowest BCUT2D eigenvalue weighted by molar-refractivity contribution is 0.800. The largest absolute Gasteiger partial charge is 0.398 e.